The van der Waals surface area contributed by atoms with Crippen LogP contribution in [0.25, 0.3) is 0 Å². The van der Waals surface area contributed by atoms with Gasteiger partial charge in [0.1, 0.15) is 12.0 Å². The van der Waals surface area contributed by atoms with Crippen molar-refractivity contribution < 1.29 is 4.79 Å². The van der Waals surface area contributed by atoms with E-state index in [1.165, 1.54) is 6.33 Å². The first-order chi connectivity index (χ1) is 12.5. The van der Waals surface area contributed by atoms with E-state index in [-0.39, 0.29) is 5.91 Å². The van der Waals surface area contributed by atoms with Crippen LogP contribution in [-0.4, -0.2) is 59.0 Å². The van der Waals surface area contributed by atoms with E-state index in [0.717, 1.165) is 26.2 Å². The van der Waals surface area contributed by atoms with Crippen molar-refractivity contribution in [2.75, 3.05) is 49.8 Å². The predicted molar refractivity (Wildman–Crippen MR) is 102 cm³/mol. The Morgan fingerprint density at radius 2 is 1.92 bits per heavy atom. The summed E-state index contributed by atoms with van der Waals surface area (Å²) >= 11 is 5.90. The molecule has 5 N–H and O–H groups in total. The Morgan fingerprint density at radius 3 is 2.65 bits per heavy atom. The van der Waals surface area contributed by atoms with Crippen molar-refractivity contribution in [1.29, 1.82) is 0 Å². The number of halogens is 1. The van der Waals surface area contributed by atoms with Crippen molar-refractivity contribution in [3.63, 3.8) is 0 Å². The molecule has 0 atom stereocenters. The molecule has 1 amide bonds. The Morgan fingerprint density at radius 1 is 1.19 bits per heavy atom. The minimum atomic E-state index is -0.348. The third-order valence-electron chi connectivity index (χ3n) is 4.03. The molecule has 0 bridgehead atoms. The number of nitrogen functional groups attached to an aromatic ring is 1. The fourth-order valence-electron chi connectivity index (χ4n) is 2.47. The minimum absolute atomic E-state index is 0.312. The fraction of sp³-hybridized carbons (Fsp3) is 0.312. The van der Waals surface area contributed by atoms with Crippen molar-refractivity contribution in [2.24, 2.45) is 0 Å². The molecule has 10 heteroatoms. The van der Waals surface area contributed by atoms with Crippen LogP contribution in [0.1, 0.15) is 10.4 Å². The molecule has 138 valence electrons. The Kier molecular flexibility index (Phi) is 5.71. The number of hydrogen-bond donors (Lipinski definition) is 4. The number of hydrogen-bond acceptors (Lipinski definition) is 8. The van der Waals surface area contributed by atoms with Gasteiger partial charge in [-0.15, -0.1) is 0 Å². The van der Waals surface area contributed by atoms with Gasteiger partial charge in [-0.05, 0) is 25.2 Å². The van der Waals surface area contributed by atoms with Crippen LogP contribution in [0.5, 0.6) is 0 Å². The first kappa shape index (κ1) is 18.2. The summed E-state index contributed by atoms with van der Waals surface area (Å²) in [5.74, 6) is 0.454. The summed E-state index contributed by atoms with van der Waals surface area (Å²) in [6.07, 6.45) is 1.38. The molecular formula is C16H21ClN8O. The number of amides is 1. The number of benzene rings is 1. The molecule has 2 aromatic rings. The number of nitrogens with one attached hydrogen (secondary N) is 3. The molecule has 1 saturated heterocycles. The standard InChI is InChI=1S/C16H21ClN8O/c1-24-5-7-25(8-6-24)23-15-13(18)14(19-10-20-15)21-22-16(26)11-3-2-4-12(17)9-11/h2-4,9-10H,5-8,18H2,1H3,(H,22,26)(H2,19,20,21,23). The lowest BCUT2D eigenvalue weighted by molar-refractivity contribution is 0.0962. The number of anilines is 3. The molecule has 1 aliphatic rings. The van der Waals surface area contributed by atoms with Gasteiger partial charge in [0, 0.05) is 36.8 Å². The maximum absolute atomic E-state index is 12.2. The monoisotopic (exact) mass is 376 g/mol. The summed E-state index contributed by atoms with van der Waals surface area (Å²) in [6.45, 7) is 3.62. The number of piperazine rings is 1. The summed E-state index contributed by atoms with van der Waals surface area (Å²) in [5.41, 5.74) is 15.3. The number of rotatable bonds is 5. The second-order valence-corrected chi connectivity index (χ2v) is 6.41. The molecule has 1 aromatic carbocycles. The van der Waals surface area contributed by atoms with Crippen LogP contribution in [0.15, 0.2) is 30.6 Å². The van der Waals surface area contributed by atoms with Gasteiger partial charge in [-0.1, -0.05) is 17.7 Å². The lowest BCUT2D eigenvalue weighted by atomic mass is 10.2. The van der Waals surface area contributed by atoms with E-state index in [1.54, 1.807) is 24.3 Å². The van der Waals surface area contributed by atoms with Crippen LogP contribution in [0.4, 0.5) is 17.3 Å². The first-order valence-corrected chi connectivity index (χ1v) is 8.53. The maximum atomic E-state index is 12.2. The van der Waals surface area contributed by atoms with Crippen LogP contribution in [0.3, 0.4) is 0 Å². The van der Waals surface area contributed by atoms with Gasteiger partial charge in [-0.2, -0.15) is 0 Å². The highest BCUT2D eigenvalue weighted by atomic mass is 35.5. The molecule has 0 radical (unpaired) electrons. The van der Waals surface area contributed by atoms with Gasteiger partial charge < -0.3 is 16.1 Å². The normalized spacial score (nSPS) is 15.5. The maximum Gasteiger partial charge on any atom is 0.269 e. The van der Waals surface area contributed by atoms with Crippen molar-refractivity contribution in [3.05, 3.63) is 41.2 Å². The van der Waals surface area contributed by atoms with Crippen LogP contribution < -0.4 is 22.0 Å². The fourth-order valence-corrected chi connectivity index (χ4v) is 2.66. The van der Waals surface area contributed by atoms with E-state index >= 15 is 0 Å². The van der Waals surface area contributed by atoms with E-state index < -0.39 is 0 Å². The van der Waals surface area contributed by atoms with Crippen LogP contribution in [0, 0.1) is 0 Å². The summed E-state index contributed by atoms with van der Waals surface area (Å²) in [4.78, 5) is 22.7. The molecule has 0 spiro atoms. The number of nitrogens with two attached hydrogens (primary N) is 1. The lowest BCUT2D eigenvalue weighted by Crippen LogP contribution is -2.47. The molecule has 3 rings (SSSR count). The summed E-state index contributed by atoms with van der Waals surface area (Å²) in [7, 11) is 2.08. The smallest absolute Gasteiger partial charge is 0.269 e. The van der Waals surface area contributed by atoms with Crippen molar-refractivity contribution in [1.82, 2.24) is 25.3 Å². The number of likely N-dealkylation sites (N-methyl/N-ethyl adjacent to an activating group) is 1. The van der Waals surface area contributed by atoms with E-state index in [4.69, 9.17) is 17.3 Å². The SMILES string of the molecule is CN1CCN(Nc2ncnc(NNC(=O)c3cccc(Cl)c3)c2N)CC1. The van der Waals surface area contributed by atoms with Gasteiger partial charge in [0.15, 0.2) is 11.6 Å². The van der Waals surface area contributed by atoms with Gasteiger partial charge in [0.25, 0.3) is 5.91 Å². The second kappa shape index (κ2) is 8.17. The predicted octanol–water partition coefficient (Wildman–Crippen LogP) is 1.04. The molecule has 2 heterocycles. The molecule has 9 nitrogen and oxygen atoms in total. The molecule has 1 aromatic heterocycles. The number of hydrazine groups is 2. The Hall–Kier alpha value is -2.62. The zero-order valence-corrected chi connectivity index (χ0v) is 15.1. The Labute approximate surface area is 156 Å². The second-order valence-electron chi connectivity index (χ2n) is 5.98. The zero-order chi connectivity index (χ0) is 18.5. The lowest BCUT2D eigenvalue weighted by Gasteiger charge is -2.32. The largest absolute Gasteiger partial charge is 0.393 e. The van der Waals surface area contributed by atoms with Crippen LogP contribution >= 0.6 is 11.6 Å². The van der Waals surface area contributed by atoms with Crippen LogP contribution in [-0.2, 0) is 0 Å². The quantitative estimate of drug-likeness (QED) is 0.573. The number of aromatic nitrogens is 2. The zero-order valence-electron chi connectivity index (χ0n) is 14.4. The third-order valence-corrected chi connectivity index (χ3v) is 4.27. The average Bonchev–Trinajstić information content (AvgIpc) is 2.64. The van der Waals surface area contributed by atoms with Gasteiger partial charge in [-0.3, -0.25) is 15.6 Å². The highest BCUT2D eigenvalue weighted by Crippen LogP contribution is 2.22. The first-order valence-electron chi connectivity index (χ1n) is 8.15. The number of nitrogens with zero attached hydrogens (tertiary/aromatic N) is 4. The summed E-state index contributed by atoms with van der Waals surface area (Å²) < 4.78 is 0. The van der Waals surface area contributed by atoms with Gasteiger partial charge >= 0.3 is 0 Å². The topological polar surface area (TPSA) is 111 Å². The molecule has 26 heavy (non-hydrogen) atoms. The highest BCUT2D eigenvalue weighted by molar-refractivity contribution is 6.30. The van der Waals surface area contributed by atoms with Gasteiger partial charge in [0.05, 0.1) is 0 Å². The molecular weight excluding hydrogens is 356 g/mol. The van der Waals surface area contributed by atoms with E-state index in [0.29, 0.717) is 27.9 Å². The Bertz CT molecular complexity index is 779. The van der Waals surface area contributed by atoms with Gasteiger partial charge in [0.2, 0.25) is 0 Å². The van der Waals surface area contributed by atoms with Crippen molar-refractivity contribution in [2.45, 2.75) is 0 Å². The summed E-state index contributed by atoms with van der Waals surface area (Å²) in [6, 6.07) is 6.63. The average molecular weight is 377 g/mol. The van der Waals surface area contributed by atoms with Crippen LogP contribution in [0.2, 0.25) is 5.02 Å². The van der Waals surface area contributed by atoms with Crippen molar-refractivity contribution >= 4 is 34.8 Å². The molecule has 0 saturated carbocycles. The van der Waals surface area contributed by atoms with E-state index in [1.807, 2.05) is 5.01 Å². The summed E-state index contributed by atoms with van der Waals surface area (Å²) in [5, 5.41) is 2.53. The molecule has 1 fully saturated rings. The molecule has 0 aliphatic carbocycles. The number of carbonyl (C=O) groups is 1. The van der Waals surface area contributed by atoms with E-state index in [9.17, 15) is 4.79 Å². The molecule has 0 unspecified atom stereocenters. The third kappa shape index (κ3) is 4.51. The number of carbonyl (C=O) groups excluding carboxylic acids is 1. The minimum Gasteiger partial charge on any atom is -0.393 e. The molecule has 1 aliphatic heterocycles. The van der Waals surface area contributed by atoms with Crippen molar-refractivity contribution in [3.8, 4) is 0 Å². The Balaban J connectivity index is 1.62. The van der Waals surface area contributed by atoms with Gasteiger partial charge in [-0.25, -0.2) is 15.0 Å². The van der Waals surface area contributed by atoms with E-state index in [2.05, 4.69) is 38.2 Å². The highest BCUT2D eigenvalue weighted by Gasteiger charge is 2.16.